The fourth-order valence-electron chi connectivity index (χ4n) is 1.93. The molecule has 5 heteroatoms. The van der Waals surface area contributed by atoms with E-state index >= 15 is 0 Å². The first-order chi connectivity index (χ1) is 8.70. The Morgan fingerprint density at radius 3 is 2.67 bits per heavy atom. The molecule has 1 atom stereocenters. The van der Waals surface area contributed by atoms with E-state index in [9.17, 15) is 4.79 Å². The lowest BCUT2D eigenvalue weighted by molar-refractivity contribution is 0.0617. The number of rotatable bonds is 5. The summed E-state index contributed by atoms with van der Waals surface area (Å²) < 4.78 is 10.8. The summed E-state index contributed by atoms with van der Waals surface area (Å²) >= 11 is 0. The van der Waals surface area contributed by atoms with Crippen molar-refractivity contribution in [3.63, 3.8) is 0 Å². The van der Waals surface area contributed by atoms with Gasteiger partial charge in [0.15, 0.2) is 5.60 Å². The maximum Gasteiger partial charge on any atom is 0.408 e. The van der Waals surface area contributed by atoms with Crippen molar-refractivity contribution in [2.75, 3.05) is 19.7 Å². The lowest BCUT2D eigenvalue weighted by Gasteiger charge is -2.25. The number of carbonyl (C=O) groups is 1. The molecular weight excluding hydrogens is 232 g/mol. The molecule has 0 bridgehead atoms. The number of carbonyl (C=O) groups excluding carboxylic acids is 1. The molecule has 0 saturated carbocycles. The number of cyclic esters (lactones) is 1. The number of hydrogen-bond acceptors (Lipinski definition) is 4. The van der Waals surface area contributed by atoms with Gasteiger partial charge in [0.25, 0.3) is 0 Å². The predicted octanol–water partition coefficient (Wildman–Crippen LogP) is 1.37. The third-order valence-electron chi connectivity index (χ3n) is 2.99. The summed E-state index contributed by atoms with van der Waals surface area (Å²) in [5, 5.41) is 2.64. The summed E-state index contributed by atoms with van der Waals surface area (Å²) in [5.41, 5.74) is 5.86. The molecular formula is C13H18N2O3. The van der Waals surface area contributed by atoms with E-state index < -0.39 is 11.7 Å². The first kappa shape index (κ1) is 12.7. The number of benzene rings is 1. The van der Waals surface area contributed by atoms with Crippen molar-refractivity contribution in [1.82, 2.24) is 5.32 Å². The number of hydrogen-bond donors (Lipinski definition) is 2. The molecule has 1 unspecified atom stereocenters. The molecule has 0 aliphatic carbocycles. The predicted molar refractivity (Wildman–Crippen MR) is 67.4 cm³/mol. The van der Waals surface area contributed by atoms with Gasteiger partial charge in [-0.15, -0.1) is 0 Å². The van der Waals surface area contributed by atoms with Crippen LogP contribution in [0.25, 0.3) is 0 Å². The van der Waals surface area contributed by atoms with Crippen molar-refractivity contribution in [2.45, 2.75) is 18.9 Å². The van der Waals surface area contributed by atoms with Crippen LogP contribution < -0.4 is 15.8 Å². The smallest absolute Gasteiger partial charge is 0.408 e. The lowest BCUT2D eigenvalue weighted by atomic mass is 9.94. The van der Waals surface area contributed by atoms with E-state index in [1.54, 1.807) is 0 Å². The summed E-state index contributed by atoms with van der Waals surface area (Å²) in [7, 11) is 0. The third kappa shape index (κ3) is 2.41. The zero-order chi connectivity index (χ0) is 13.0. The topological polar surface area (TPSA) is 73.6 Å². The molecule has 98 valence electrons. The number of amides is 1. The normalized spacial score (nSPS) is 22.4. The highest BCUT2D eigenvalue weighted by Gasteiger charge is 2.40. The maximum atomic E-state index is 11.2. The fraction of sp³-hybridized carbons (Fsp3) is 0.462. The van der Waals surface area contributed by atoms with Crippen LogP contribution in [0.3, 0.4) is 0 Å². The lowest BCUT2D eigenvalue weighted by Crippen LogP contribution is -2.38. The van der Waals surface area contributed by atoms with Crippen molar-refractivity contribution in [3.8, 4) is 5.75 Å². The molecule has 1 fully saturated rings. The van der Waals surface area contributed by atoms with Crippen LogP contribution >= 0.6 is 0 Å². The number of nitrogens with one attached hydrogen (secondary N) is 1. The summed E-state index contributed by atoms with van der Waals surface area (Å²) in [4.78, 5) is 11.2. The highest BCUT2D eigenvalue weighted by atomic mass is 16.6. The molecule has 1 heterocycles. The zero-order valence-electron chi connectivity index (χ0n) is 10.4. The van der Waals surface area contributed by atoms with E-state index in [-0.39, 0.29) is 6.54 Å². The molecule has 1 aromatic carbocycles. The number of alkyl carbamates (subject to hydrolysis) is 1. The van der Waals surface area contributed by atoms with Crippen LogP contribution in [0.15, 0.2) is 24.3 Å². The largest absolute Gasteiger partial charge is 0.494 e. The Hall–Kier alpha value is -1.75. The zero-order valence-corrected chi connectivity index (χ0v) is 10.4. The minimum absolute atomic E-state index is 0.251. The highest BCUT2D eigenvalue weighted by Crippen LogP contribution is 2.29. The van der Waals surface area contributed by atoms with Gasteiger partial charge in [-0.1, -0.05) is 19.1 Å². The molecule has 2 rings (SSSR count). The molecule has 1 aromatic rings. The summed E-state index contributed by atoms with van der Waals surface area (Å²) in [6.45, 7) is 3.40. The molecule has 0 radical (unpaired) electrons. The SMILES string of the molecule is CCCOc1ccc(C2(CN)CNC(=O)O2)cc1. The van der Waals surface area contributed by atoms with Crippen LogP contribution in [0.1, 0.15) is 18.9 Å². The van der Waals surface area contributed by atoms with Crippen molar-refractivity contribution >= 4 is 6.09 Å². The van der Waals surface area contributed by atoms with Crippen LogP contribution in [0.5, 0.6) is 5.75 Å². The van der Waals surface area contributed by atoms with Crippen LogP contribution in [0, 0.1) is 0 Å². The van der Waals surface area contributed by atoms with Gasteiger partial charge in [-0.05, 0) is 24.1 Å². The molecule has 1 saturated heterocycles. The van der Waals surface area contributed by atoms with E-state index in [1.165, 1.54) is 0 Å². The quantitative estimate of drug-likeness (QED) is 0.827. The van der Waals surface area contributed by atoms with Crippen molar-refractivity contribution in [2.24, 2.45) is 5.73 Å². The standard InChI is InChI=1S/C13H18N2O3/c1-2-7-17-11-5-3-10(4-6-11)13(8-14)9-15-12(16)18-13/h3-6H,2,7-9,14H2,1H3,(H,15,16). The molecule has 0 aromatic heterocycles. The van der Waals surface area contributed by atoms with E-state index in [0.717, 1.165) is 17.7 Å². The Morgan fingerprint density at radius 2 is 2.17 bits per heavy atom. The molecule has 0 spiro atoms. The molecule has 5 nitrogen and oxygen atoms in total. The molecule has 3 N–H and O–H groups in total. The van der Waals surface area contributed by atoms with Gasteiger partial charge in [0.2, 0.25) is 0 Å². The highest BCUT2D eigenvalue weighted by molar-refractivity contribution is 5.70. The van der Waals surface area contributed by atoms with E-state index in [0.29, 0.717) is 13.2 Å². The Morgan fingerprint density at radius 1 is 1.44 bits per heavy atom. The van der Waals surface area contributed by atoms with Gasteiger partial charge < -0.3 is 20.5 Å². The second-order valence-electron chi connectivity index (χ2n) is 4.31. The molecule has 1 aliphatic rings. The first-order valence-corrected chi connectivity index (χ1v) is 6.10. The Kier molecular flexibility index (Phi) is 3.72. The van der Waals surface area contributed by atoms with E-state index in [2.05, 4.69) is 12.2 Å². The average Bonchev–Trinajstić information content (AvgIpc) is 2.80. The Bertz CT molecular complexity index is 419. The molecule has 18 heavy (non-hydrogen) atoms. The minimum atomic E-state index is -0.750. The Balaban J connectivity index is 2.15. The average molecular weight is 250 g/mol. The van der Waals surface area contributed by atoms with Crippen molar-refractivity contribution in [1.29, 1.82) is 0 Å². The van der Waals surface area contributed by atoms with Crippen molar-refractivity contribution < 1.29 is 14.3 Å². The summed E-state index contributed by atoms with van der Waals surface area (Å²) in [6.07, 6.45) is 0.544. The maximum absolute atomic E-state index is 11.2. The Labute approximate surface area is 106 Å². The van der Waals surface area contributed by atoms with E-state index in [1.807, 2.05) is 24.3 Å². The van der Waals surface area contributed by atoms with Crippen LogP contribution in [-0.4, -0.2) is 25.8 Å². The second kappa shape index (κ2) is 5.27. The molecule has 1 amide bonds. The first-order valence-electron chi connectivity index (χ1n) is 6.10. The monoisotopic (exact) mass is 250 g/mol. The van der Waals surface area contributed by atoms with Gasteiger partial charge in [-0.2, -0.15) is 0 Å². The van der Waals surface area contributed by atoms with Gasteiger partial charge in [-0.25, -0.2) is 4.79 Å². The van der Waals surface area contributed by atoms with Crippen LogP contribution in [0.2, 0.25) is 0 Å². The van der Waals surface area contributed by atoms with Gasteiger partial charge in [0.05, 0.1) is 13.2 Å². The number of ether oxygens (including phenoxy) is 2. The summed E-state index contributed by atoms with van der Waals surface area (Å²) in [5.74, 6) is 0.810. The van der Waals surface area contributed by atoms with Crippen LogP contribution in [-0.2, 0) is 10.3 Å². The minimum Gasteiger partial charge on any atom is -0.494 e. The second-order valence-corrected chi connectivity index (χ2v) is 4.31. The van der Waals surface area contributed by atoms with Gasteiger partial charge >= 0.3 is 6.09 Å². The van der Waals surface area contributed by atoms with Crippen LogP contribution in [0.4, 0.5) is 4.79 Å². The van der Waals surface area contributed by atoms with Gasteiger partial charge in [-0.3, -0.25) is 0 Å². The van der Waals surface area contributed by atoms with Gasteiger partial charge in [0.1, 0.15) is 5.75 Å². The summed E-state index contributed by atoms with van der Waals surface area (Å²) in [6, 6.07) is 7.51. The van der Waals surface area contributed by atoms with E-state index in [4.69, 9.17) is 15.2 Å². The number of nitrogens with two attached hydrogens (primary N) is 1. The third-order valence-corrected chi connectivity index (χ3v) is 2.99. The molecule has 1 aliphatic heterocycles. The van der Waals surface area contributed by atoms with Gasteiger partial charge in [0, 0.05) is 6.54 Å². The fourth-order valence-corrected chi connectivity index (χ4v) is 1.93. The van der Waals surface area contributed by atoms with Crippen molar-refractivity contribution in [3.05, 3.63) is 29.8 Å².